The molecule has 2 amide bonds. The first-order valence-electron chi connectivity index (χ1n) is 12.6. The second kappa shape index (κ2) is 13.1. The lowest BCUT2D eigenvalue weighted by atomic mass is 10.1. The number of benzene rings is 3. The van der Waals surface area contributed by atoms with Gasteiger partial charge in [0.25, 0.3) is 10.0 Å². The monoisotopic (exact) mass is 537 g/mol. The summed E-state index contributed by atoms with van der Waals surface area (Å²) >= 11 is 0. The predicted molar refractivity (Wildman–Crippen MR) is 148 cm³/mol. The van der Waals surface area contributed by atoms with E-state index >= 15 is 0 Å². The SMILES string of the molecule is CCc1ccccc1N(CC(=O)N(Cc1ccc(OC)cc1)[C@H](CC)C(=O)NC)S(=O)(=O)c1ccccc1. The van der Waals surface area contributed by atoms with E-state index in [1.807, 2.05) is 38.1 Å². The number of anilines is 1. The normalized spacial score (nSPS) is 11.9. The second-order valence-electron chi connectivity index (χ2n) is 8.72. The predicted octanol–water partition coefficient (Wildman–Crippen LogP) is 4.01. The Balaban J connectivity index is 2.07. The van der Waals surface area contributed by atoms with Gasteiger partial charge in [-0.3, -0.25) is 13.9 Å². The second-order valence-corrected chi connectivity index (χ2v) is 10.6. The molecule has 0 radical (unpaired) electrons. The Morgan fingerprint density at radius 3 is 2.13 bits per heavy atom. The van der Waals surface area contributed by atoms with Crippen LogP contribution in [0.4, 0.5) is 5.69 Å². The van der Waals surface area contributed by atoms with Crippen molar-refractivity contribution < 1.29 is 22.7 Å². The van der Waals surface area contributed by atoms with Gasteiger partial charge in [0.05, 0.1) is 17.7 Å². The van der Waals surface area contributed by atoms with Crippen LogP contribution in [0.3, 0.4) is 0 Å². The third-order valence-electron chi connectivity index (χ3n) is 6.40. The minimum Gasteiger partial charge on any atom is -0.497 e. The number of ether oxygens (including phenoxy) is 1. The summed E-state index contributed by atoms with van der Waals surface area (Å²) in [4.78, 5) is 28.3. The lowest BCUT2D eigenvalue weighted by molar-refractivity contribution is -0.140. The van der Waals surface area contributed by atoms with Crippen LogP contribution in [0.25, 0.3) is 0 Å². The van der Waals surface area contributed by atoms with Gasteiger partial charge in [0, 0.05) is 13.6 Å². The zero-order chi connectivity index (χ0) is 27.7. The maximum absolute atomic E-state index is 14.0. The van der Waals surface area contributed by atoms with Gasteiger partial charge in [0.2, 0.25) is 11.8 Å². The van der Waals surface area contributed by atoms with Crippen molar-refractivity contribution in [1.29, 1.82) is 0 Å². The fourth-order valence-electron chi connectivity index (χ4n) is 4.30. The van der Waals surface area contributed by atoms with E-state index in [4.69, 9.17) is 4.74 Å². The van der Waals surface area contributed by atoms with Gasteiger partial charge in [-0.25, -0.2) is 8.42 Å². The minimum atomic E-state index is -4.09. The number of hydrogen-bond donors (Lipinski definition) is 1. The van der Waals surface area contributed by atoms with Gasteiger partial charge >= 0.3 is 0 Å². The van der Waals surface area contributed by atoms with Crippen molar-refractivity contribution in [2.45, 2.75) is 44.2 Å². The molecule has 0 saturated heterocycles. The molecule has 0 unspecified atom stereocenters. The summed E-state index contributed by atoms with van der Waals surface area (Å²) in [6, 6.07) is 21.6. The summed E-state index contributed by atoms with van der Waals surface area (Å²) in [5.41, 5.74) is 2.01. The molecule has 38 heavy (non-hydrogen) atoms. The fraction of sp³-hybridized carbons (Fsp3) is 0.310. The number of likely N-dealkylation sites (N-methyl/N-ethyl adjacent to an activating group) is 1. The van der Waals surface area contributed by atoms with Crippen LogP contribution in [-0.4, -0.2) is 51.9 Å². The first kappa shape index (κ1) is 28.7. The maximum Gasteiger partial charge on any atom is 0.264 e. The number of nitrogens with one attached hydrogen (secondary N) is 1. The summed E-state index contributed by atoms with van der Waals surface area (Å²) < 4.78 is 34.1. The molecule has 1 N–H and O–H groups in total. The van der Waals surface area contributed by atoms with Gasteiger partial charge in [0.1, 0.15) is 18.3 Å². The van der Waals surface area contributed by atoms with Crippen LogP contribution in [0, 0.1) is 0 Å². The van der Waals surface area contributed by atoms with Crippen LogP contribution in [0.5, 0.6) is 5.75 Å². The van der Waals surface area contributed by atoms with Crippen molar-refractivity contribution in [3.63, 3.8) is 0 Å². The zero-order valence-corrected chi connectivity index (χ0v) is 23.1. The number of nitrogens with zero attached hydrogens (tertiary/aromatic N) is 2. The van der Waals surface area contributed by atoms with Crippen molar-refractivity contribution >= 4 is 27.5 Å². The number of aryl methyl sites for hydroxylation is 1. The van der Waals surface area contributed by atoms with E-state index in [9.17, 15) is 18.0 Å². The van der Waals surface area contributed by atoms with Crippen molar-refractivity contribution in [3.05, 3.63) is 90.0 Å². The number of hydrogen-bond acceptors (Lipinski definition) is 5. The van der Waals surface area contributed by atoms with Gasteiger partial charge in [0.15, 0.2) is 0 Å². The molecule has 3 aromatic rings. The molecule has 0 aliphatic rings. The van der Waals surface area contributed by atoms with Gasteiger partial charge in [-0.1, -0.05) is 62.4 Å². The summed E-state index contributed by atoms with van der Waals surface area (Å²) in [5.74, 6) is -0.135. The number of carbonyl (C=O) groups is 2. The van der Waals surface area contributed by atoms with Crippen LogP contribution in [0.15, 0.2) is 83.8 Å². The Morgan fingerprint density at radius 2 is 1.55 bits per heavy atom. The molecule has 202 valence electrons. The molecule has 0 saturated carbocycles. The highest BCUT2D eigenvalue weighted by Gasteiger charge is 2.34. The number of amides is 2. The van der Waals surface area contributed by atoms with Crippen molar-refractivity contribution in [2.75, 3.05) is 25.0 Å². The maximum atomic E-state index is 14.0. The van der Waals surface area contributed by atoms with Gasteiger partial charge in [-0.15, -0.1) is 0 Å². The Bertz CT molecular complexity index is 1330. The molecule has 1 atom stereocenters. The highest BCUT2D eigenvalue weighted by molar-refractivity contribution is 7.92. The Kier molecular flexibility index (Phi) is 9.90. The fourth-order valence-corrected chi connectivity index (χ4v) is 5.77. The van der Waals surface area contributed by atoms with Crippen molar-refractivity contribution in [2.24, 2.45) is 0 Å². The van der Waals surface area contributed by atoms with Crippen molar-refractivity contribution in [1.82, 2.24) is 10.2 Å². The molecule has 9 heteroatoms. The number of rotatable bonds is 12. The summed E-state index contributed by atoms with van der Waals surface area (Å²) in [6.07, 6.45) is 0.940. The van der Waals surface area contributed by atoms with Crippen LogP contribution in [-0.2, 0) is 32.6 Å². The van der Waals surface area contributed by atoms with Crippen LogP contribution < -0.4 is 14.4 Å². The molecular formula is C29H35N3O5S. The van der Waals surface area contributed by atoms with E-state index in [1.165, 1.54) is 24.1 Å². The topological polar surface area (TPSA) is 96.0 Å². The lowest BCUT2D eigenvalue weighted by Crippen LogP contribution is -2.51. The first-order chi connectivity index (χ1) is 18.3. The van der Waals surface area contributed by atoms with E-state index < -0.39 is 28.5 Å². The van der Waals surface area contributed by atoms with E-state index in [0.29, 0.717) is 24.3 Å². The van der Waals surface area contributed by atoms with Crippen LogP contribution >= 0.6 is 0 Å². The highest BCUT2D eigenvalue weighted by atomic mass is 32.2. The largest absolute Gasteiger partial charge is 0.497 e. The minimum absolute atomic E-state index is 0.0822. The molecule has 0 bridgehead atoms. The lowest BCUT2D eigenvalue weighted by Gasteiger charge is -2.33. The third-order valence-corrected chi connectivity index (χ3v) is 8.17. The van der Waals surface area contributed by atoms with Crippen LogP contribution in [0.2, 0.25) is 0 Å². The molecule has 0 fully saturated rings. The van der Waals surface area contributed by atoms with E-state index in [2.05, 4.69) is 5.32 Å². The number of methoxy groups -OCH3 is 1. The number of carbonyl (C=O) groups excluding carboxylic acids is 2. The van der Waals surface area contributed by atoms with E-state index in [1.54, 1.807) is 49.6 Å². The third kappa shape index (κ3) is 6.52. The smallest absolute Gasteiger partial charge is 0.264 e. The van der Waals surface area contributed by atoms with Crippen LogP contribution in [0.1, 0.15) is 31.4 Å². The quantitative estimate of drug-likeness (QED) is 0.377. The standard InChI is InChI=1S/C29H35N3O5S/c1-5-23-12-10-11-15-27(23)32(38(35,36)25-13-8-7-9-14-25)21-28(33)31(26(6-2)29(34)30-3)20-22-16-18-24(37-4)19-17-22/h7-19,26H,5-6,20-21H2,1-4H3,(H,30,34)/t26-/m1/s1. The molecule has 0 heterocycles. The average molecular weight is 538 g/mol. The average Bonchev–Trinajstić information content (AvgIpc) is 2.96. The highest BCUT2D eigenvalue weighted by Crippen LogP contribution is 2.28. The van der Waals surface area contributed by atoms with Gasteiger partial charge in [-0.2, -0.15) is 0 Å². The molecule has 0 aliphatic heterocycles. The summed E-state index contributed by atoms with van der Waals surface area (Å²) in [7, 11) is -0.999. The van der Waals surface area contributed by atoms with Gasteiger partial charge < -0.3 is 15.0 Å². The molecule has 8 nitrogen and oxygen atoms in total. The van der Waals surface area contributed by atoms with Crippen molar-refractivity contribution in [3.8, 4) is 5.75 Å². The first-order valence-corrected chi connectivity index (χ1v) is 14.0. The molecule has 0 spiro atoms. The molecule has 0 aromatic heterocycles. The Labute approximate surface area is 225 Å². The number of para-hydroxylation sites is 1. The molecule has 3 aromatic carbocycles. The molecular weight excluding hydrogens is 502 g/mol. The Hall–Kier alpha value is -3.85. The molecule has 3 rings (SSSR count). The van der Waals surface area contributed by atoms with Gasteiger partial charge in [-0.05, 0) is 54.3 Å². The summed E-state index contributed by atoms with van der Waals surface area (Å²) in [6.45, 7) is 3.42. The number of sulfonamides is 1. The van der Waals surface area contributed by atoms with E-state index in [-0.39, 0.29) is 17.3 Å². The zero-order valence-electron chi connectivity index (χ0n) is 22.3. The summed E-state index contributed by atoms with van der Waals surface area (Å²) in [5, 5.41) is 2.63. The molecule has 0 aliphatic carbocycles. The Morgan fingerprint density at radius 1 is 0.921 bits per heavy atom. The van der Waals surface area contributed by atoms with E-state index in [0.717, 1.165) is 15.4 Å².